The Kier molecular flexibility index (Phi) is 8.29. The molecule has 2 aromatic heterocycles. The minimum Gasteiger partial charge on any atom is -0.619 e. The molecule has 1 aliphatic rings. The summed E-state index contributed by atoms with van der Waals surface area (Å²) in [6.45, 7) is 9.67. The van der Waals surface area contributed by atoms with Crippen molar-refractivity contribution in [3.05, 3.63) is 107 Å². The second-order valence-corrected chi connectivity index (χ2v) is 12.1. The van der Waals surface area contributed by atoms with Crippen molar-refractivity contribution in [1.29, 1.82) is 0 Å². The quantitative estimate of drug-likeness (QED) is 0.226. The summed E-state index contributed by atoms with van der Waals surface area (Å²) in [5.41, 5.74) is 5.05. The van der Waals surface area contributed by atoms with Gasteiger partial charge in [0.15, 0.2) is 12.4 Å². The van der Waals surface area contributed by atoms with Gasteiger partial charge in [-0.1, -0.05) is 50.6 Å². The average Bonchev–Trinajstić information content (AvgIpc) is 3.39. The number of benzene rings is 2. The number of rotatable bonds is 6. The van der Waals surface area contributed by atoms with Crippen LogP contribution >= 0.6 is 0 Å². The first-order valence-electron chi connectivity index (χ1n) is 14.4. The van der Waals surface area contributed by atoms with E-state index in [1.54, 1.807) is 16.8 Å². The van der Waals surface area contributed by atoms with Crippen molar-refractivity contribution >= 4 is 23.4 Å². The highest BCUT2D eigenvalue weighted by molar-refractivity contribution is 5.99. The van der Waals surface area contributed by atoms with Crippen LogP contribution in [-0.2, 0) is 11.8 Å². The number of piperidine rings is 1. The molecule has 218 valence electrons. The third kappa shape index (κ3) is 6.97. The Morgan fingerprint density at radius 1 is 1.00 bits per heavy atom. The Morgan fingerprint density at radius 2 is 1.69 bits per heavy atom. The lowest BCUT2D eigenvalue weighted by Crippen LogP contribution is -2.40. The van der Waals surface area contributed by atoms with Crippen LogP contribution < -0.4 is 15.4 Å². The summed E-state index contributed by atoms with van der Waals surface area (Å²) in [5.74, 6) is 0.974. The first-order chi connectivity index (χ1) is 20.0. The zero-order valence-corrected chi connectivity index (χ0v) is 24.6. The number of aromatic nitrogens is 3. The van der Waals surface area contributed by atoms with E-state index in [0.29, 0.717) is 40.8 Å². The van der Waals surface area contributed by atoms with E-state index >= 15 is 0 Å². The van der Waals surface area contributed by atoms with Gasteiger partial charge in [0, 0.05) is 36.3 Å². The molecule has 42 heavy (non-hydrogen) atoms. The van der Waals surface area contributed by atoms with Crippen molar-refractivity contribution in [2.45, 2.75) is 52.4 Å². The van der Waals surface area contributed by atoms with E-state index in [1.165, 1.54) is 18.0 Å². The van der Waals surface area contributed by atoms with Gasteiger partial charge in [-0.2, -0.15) is 9.83 Å². The Hall–Kier alpha value is -4.66. The predicted octanol–water partition coefficient (Wildman–Crippen LogP) is 5.85. The molecule has 1 saturated heterocycles. The molecule has 9 nitrogen and oxygen atoms in total. The number of hydrogen-bond donors (Lipinski definition) is 2. The predicted molar refractivity (Wildman–Crippen MR) is 164 cm³/mol. The normalized spacial score (nSPS) is 14.0. The molecule has 3 amide bonds. The third-order valence-electron chi connectivity index (χ3n) is 7.66. The molecule has 3 heterocycles. The summed E-state index contributed by atoms with van der Waals surface area (Å²) in [6.07, 6.45) is 5.42. The number of anilines is 2. The molecule has 0 bridgehead atoms. The molecule has 1 aliphatic heterocycles. The van der Waals surface area contributed by atoms with Crippen LogP contribution in [0.25, 0.3) is 5.69 Å². The second-order valence-electron chi connectivity index (χ2n) is 12.1. The Bertz CT molecular complexity index is 1550. The summed E-state index contributed by atoms with van der Waals surface area (Å²) in [5, 5.41) is 22.2. The lowest BCUT2D eigenvalue weighted by molar-refractivity contribution is -0.605. The monoisotopic (exact) mass is 566 g/mol. The highest BCUT2D eigenvalue weighted by Crippen LogP contribution is 2.27. The number of carbonyl (C=O) groups excluding carboxylic acids is 2. The molecule has 2 N–H and O–H groups in total. The zero-order valence-electron chi connectivity index (χ0n) is 24.6. The van der Waals surface area contributed by atoms with Gasteiger partial charge in [-0.15, -0.1) is 0 Å². The summed E-state index contributed by atoms with van der Waals surface area (Å²) in [7, 11) is 0. The van der Waals surface area contributed by atoms with Crippen molar-refractivity contribution in [3.8, 4) is 5.69 Å². The Morgan fingerprint density at radius 3 is 2.33 bits per heavy atom. The SMILES string of the molecule is Cc1ccc(-n2nc(C(C)(C)C)cc2NC(=O)Nc2ccc(CC3CCN(C(=O)c4ccc[n+]([O-])c4)CC3)cc2)cc1. The molecule has 4 aromatic rings. The van der Waals surface area contributed by atoms with E-state index in [4.69, 9.17) is 5.10 Å². The first kappa shape index (κ1) is 28.9. The molecular formula is C33H38N6O3. The van der Waals surface area contributed by atoms with Gasteiger partial charge in [-0.25, -0.2) is 9.48 Å². The maximum atomic E-state index is 13.0. The van der Waals surface area contributed by atoms with Crippen LogP contribution in [0.1, 0.15) is 60.8 Å². The molecule has 0 atom stereocenters. The van der Waals surface area contributed by atoms with Crippen LogP contribution in [-0.4, -0.2) is 39.7 Å². The molecule has 0 spiro atoms. The second kappa shape index (κ2) is 12.1. The highest BCUT2D eigenvalue weighted by Gasteiger charge is 2.25. The van der Waals surface area contributed by atoms with Gasteiger partial charge in [0.1, 0.15) is 11.4 Å². The molecule has 0 aliphatic carbocycles. The minimum absolute atomic E-state index is 0.0936. The fraction of sp³-hybridized carbons (Fsp3) is 0.333. The molecule has 0 unspecified atom stereocenters. The number of urea groups is 1. The van der Waals surface area contributed by atoms with Gasteiger partial charge in [0.25, 0.3) is 5.91 Å². The molecular weight excluding hydrogens is 528 g/mol. The van der Waals surface area contributed by atoms with E-state index in [0.717, 1.165) is 36.2 Å². The van der Waals surface area contributed by atoms with Crippen molar-refractivity contribution < 1.29 is 14.3 Å². The molecule has 9 heteroatoms. The fourth-order valence-electron chi connectivity index (χ4n) is 5.16. The molecule has 0 saturated carbocycles. The fourth-order valence-corrected chi connectivity index (χ4v) is 5.16. The third-order valence-corrected chi connectivity index (χ3v) is 7.66. The van der Waals surface area contributed by atoms with Crippen LogP contribution in [0.3, 0.4) is 0 Å². The van der Waals surface area contributed by atoms with Crippen molar-refractivity contribution in [2.75, 3.05) is 23.7 Å². The number of carbonyl (C=O) groups is 2. The van der Waals surface area contributed by atoms with Gasteiger partial charge in [-0.3, -0.25) is 10.1 Å². The van der Waals surface area contributed by atoms with Crippen LogP contribution in [0.5, 0.6) is 0 Å². The smallest absolute Gasteiger partial charge is 0.324 e. The number of hydrogen-bond acceptors (Lipinski definition) is 4. The minimum atomic E-state index is -0.338. The lowest BCUT2D eigenvalue weighted by atomic mass is 9.90. The van der Waals surface area contributed by atoms with E-state index in [9.17, 15) is 14.8 Å². The van der Waals surface area contributed by atoms with Gasteiger partial charge < -0.3 is 15.4 Å². The van der Waals surface area contributed by atoms with Crippen LogP contribution in [0, 0.1) is 18.0 Å². The lowest BCUT2D eigenvalue weighted by Gasteiger charge is -2.32. The highest BCUT2D eigenvalue weighted by atomic mass is 16.5. The Balaban J connectivity index is 1.16. The van der Waals surface area contributed by atoms with Crippen molar-refractivity contribution in [1.82, 2.24) is 14.7 Å². The molecule has 2 aromatic carbocycles. The number of likely N-dealkylation sites (tertiary alicyclic amines) is 1. The van der Waals surface area contributed by atoms with Gasteiger partial charge in [0.05, 0.1) is 11.4 Å². The summed E-state index contributed by atoms with van der Waals surface area (Å²) in [4.78, 5) is 27.5. The average molecular weight is 567 g/mol. The maximum absolute atomic E-state index is 13.0. The topological polar surface area (TPSA) is 106 Å². The Labute approximate surface area is 246 Å². The van der Waals surface area contributed by atoms with E-state index in [-0.39, 0.29) is 17.4 Å². The zero-order chi connectivity index (χ0) is 29.9. The van der Waals surface area contributed by atoms with Gasteiger partial charge in [0.2, 0.25) is 0 Å². The van der Waals surface area contributed by atoms with E-state index in [1.807, 2.05) is 66.4 Å². The molecule has 1 fully saturated rings. The van der Waals surface area contributed by atoms with Crippen LogP contribution in [0.4, 0.5) is 16.3 Å². The number of nitrogens with one attached hydrogen (secondary N) is 2. The van der Waals surface area contributed by atoms with Crippen LogP contribution in [0.15, 0.2) is 79.1 Å². The molecule has 0 radical (unpaired) electrons. The van der Waals surface area contributed by atoms with Gasteiger partial charge in [-0.05, 0) is 68.0 Å². The van der Waals surface area contributed by atoms with E-state index < -0.39 is 0 Å². The van der Waals surface area contributed by atoms with Gasteiger partial charge >= 0.3 is 6.03 Å². The molecule has 5 rings (SSSR count). The summed E-state index contributed by atoms with van der Waals surface area (Å²) >= 11 is 0. The standard InChI is InChI=1S/C33H38N6O3/c1-23-7-13-28(14-8-23)39-30(21-29(36-39)33(2,3)4)35-32(41)34-27-11-9-24(10-12-27)20-25-15-18-37(19-16-25)31(40)26-6-5-17-38(42)22-26/h5-14,17,21-22,25H,15-16,18-20H2,1-4H3,(H2,34,35,41). The number of pyridine rings is 1. The summed E-state index contributed by atoms with van der Waals surface area (Å²) < 4.78 is 2.42. The van der Waals surface area contributed by atoms with Crippen LogP contribution in [0.2, 0.25) is 0 Å². The maximum Gasteiger partial charge on any atom is 0.324 e. The van der Waals surface area contributed by atoms with Crippen molar-refractivity contribution in [2.24, 2.45) is 5.92 Å². The van der Waals surface area contributed by atoms with Crippen molar-refractivity contribution in [3.63, 3.8) is 0 Å². The summed E-state index contributed by atoms with van der Waals surface area (Å²) in [6, 6.07) is 20.8. The number of nitrogens with zero attached hydrogens (tertiary/aromatic N) is 4. The van der Waals surface area contributed by atoms with E-state index in [2.05, 4.69) is 31.4 Å². The largest absolute Gasteiger partial charge is 0.619 e. The first-order valence-corrected chi connectivity index (χ1v) is 14.4. The number of aryl methyl sites for hydroxylation is 1. The number of amides is 3.